The molecule has 5 nitrogen and oxygen atoms in total. The van der Waals surface area contributed by atoms with Crippen molar-refractivity contribution in [3.63, 3.8) is 0 Å². The van der Waals surface area contributed by atoms with Gasteiger partial charge in [-0.3, -0.25) is 0 Å². The minimum Gasteiger partial charge on any atom is -0.456 e. The molecule has 3 aromatic heterocycles. The van der Waals surface area contributed by atoms with Crippen LogP contribution in [0.4, 0.5) is 0 Å². The van der Waals surface area contributed by atoms with Crippen LogP contribution in [-0.2, 0) is 0 Å². The Balaban J connectivity index is 1.27. The molecule has 0 aliphatic rings. The lowest BCUT2D eigenvalue weighted by Crippen LogP contribution is -2.01. The first-order valence-electron chi connectivity index (χ1n) is 16.1. The maximum atomic E-state index is 9.70. The van der Waals surface area contributed by atoms with E-state index in [1.54, 1.807) is 6.07 Å². The van der Waals surface area contributed by atoms with Crippen molar-refractivity contribution in [2.24, 2.45) is 0 Å². The van der Waals surface area contributed by atoms with Gasteiger partial charge in [0.05, 0.1) is 56.7 Å². The predicted molar refractivity (Wildman–Crippen MR) is 197 cm³/mol. The molecule has 0 saturated heterocycles. The molecular weight excluding hydrogens is 601 g/mol. The van der Waals surface area contributed by atoms with Crippen molar-refractivity contribution in [1.82, 2.24) is 9.13 Å². The van der Waals surface area contributed by atoms with E-state index < -0.39 is 0 Å². The zero-order valence-corrected chi connectivity index (χ0v) is 26.1. The average molecular weight is 625 g/mol. The van der Waals surface area contributed by atoms with Gasteiger partial charge in [-0.25, -0.2) is 0 Å². The van der Waals surface area contributed by atoms with Gasteiger partial charge >= 0.3 is 0 Å². The molecule has 5 heteroatoms. The lowest BCUT2D eigenvalue weighted by Gasteiger charge is -2.18. The van der Waals surface area contributed by atoms with Gasteiger partial charge in [0, 0.05) is 49.5 Å². The maximum absolute atomic E-state index is 9.70. The zero-order chi connectivity index (χ0) is 32.6. The van der Waals surface area contributed by atoms with Crippen molar-refractivity contribution >= 4 is 65.6 Å². The summed E-state index contributed by atoms with van der Waals surface area (Å²) in [6.07, 6.45) is 0. The summed E-state index contributed by atoms with van der Waals surface area (Å²) in [6.45, 7) is 0. The van der Waals surface area contributed by atoms with Gasteiger partial charge in [-0.1, -0.05) is 72.8 Å². The minimum absolute atomic E-state index is 0.610. The second-order valence-corrected chi connectivity index (χ2v) is 12.4. The Labute approximate surface area is 280 Å². The minimum atomic E-state index is 0.610. The normalized spacial score (nSPS) is 11.6. The molecule has 0 aliphatic carbocycles. The van der Waals surface area contributed by atoms with Crippen LogP contribution in [0.15, 0.2) is 150 Å². The summed E-state index contributed by atoms with van der Waals surface area (Å²) in [5.74, 6) is 0. The molecule has 0 fully saturated rings. The number of benzene rings is 7. The van der Waals surface area contributed by atoms with Gasteiger partial charge in [0.15, 0.2) is 0 Å². The molecule has 0 unspecified atom stereocenters. The van der Waals surface area contributed by atoms with Crippen molar-refractivity contribution in [3.8, 4) is 34.6 Å². The second-order valence-electron chi connectivity index (χ2n) is 12.4. The van der Waals surface area contributed by atoms with Crippen LogP contribution in [0.2, 0.25) is 0 Å². The Bertz CT molecular complexity index is 3090. The van der Waals surface area contributed by atoms with Crippen LogP contribution in [0.25, 0.3) is 88.1 Å². The maximum Gasteiger partial charge on any atom is 0.137 e. The highest BCUT2D eigenvalue weighted by Gasteiger charge is 2.21. The number of rotatable bonds is 3. The summed E-state index contributed by atoms with van der Waals surface area (Å²) in [7, 11) is 0. The number of nitriles is 2. The highest BCUT2D eigenvalue weighted by molar-refractivity contribution is 6.18. The molecule has 49 heavy (non-hydrogen) atoms. The molecule has 0 atom stereocenters. The standard InChI is InChI=1S/C44H24N4O/c45-25-27-17-19-41-33(21-27)31-11-3-7-15-39(31)47(41)37-13-5-1-9-29(37)30-10-2-6-14-38(30)48-40-16-8-4-12-32(40)34-23-36-35-22-28(26-46)18-20-43(35)49-44(36)24-42(34)48/h1-24H. The van der Waals surface area contributed by atoms with E-state index in [0.717, 1.165) is 88.1 Å². The quantitative estimate of drug-likeness (QED) is 0.196. The zero-order valence-electron chi connectivity index (χ0n) is 26.1. The van der Waals surface area contributed by atoms with Crippen molar-refractivity contribution in [2.75, 3.05) is 0 Å². The topological polar surface area (TPSA) is 70.6 Å². The molecule has 0 aliphatic heterocycles. The molecule has 0 bridgehead atoms. The van der Waals surface area contributed by atoms with Crippen LogP contribution >= 0.6 is 0 Å². The fourth-order valence-corrected chi connectivity index (χ4v) is 7.66. The number of hydrogen-bond donors (Lipinski definition) is 0. The van der Waals surface area contributed by atoms with Crippen LogP contribution in [0, 0.1) is 22.7 Å². The summed E-state index contributed by atoms with van der Waals surface area (Å²) in [6, 6.07) is 54.5. The van der Waals surface area contributed by atoms with Crippen LogP contribution in [-0.4, -0.2) is 9.13 Å². The van der Waals surface area contributed by atoms with E-state index in [9.17, 15) is 10.5 Å². The molecule has 7 aromatic carbocycles. The Morgan fingerprint density at radius 2 is 0.878 bits per heavy atom. The summed E-state index contributed by atoms with van der Waals surface area (Å²) >= 11 is 0. The fourth-order valence-electron chi connectivity index (χ4n) is 7.66. The first kappa shape index (κ1) is 27.1. The second kappa shape index (κ2) is 10.2. The third kappa shape index (κ3) is 3.85. The first-order valence-corrected chi connectivity index (χ1v) is 16.1. The van der Waals surface area contributed by atoms with Crippen LogP contribution in [0.3, 0.4) is 0 Å². The van der Waals surface area contributed by atoms with E-state index in [4.69, 9.17) is 4.42 Å². The van der Waals surface area contributed by atoms with Gasteiger partial charge in [-0.15, -0.1) is 0 Å². The summed E-state index contributed by atoms with van der Waals surface area (Å²) in [4.78, 5) is 0. The highest BCUT2D eigenvalue weighted by atomic mass is 16.3. The molecule has 226 valence electrons. The summed E-state index contributed by atoms with van der Waals surface area (Å²) in [5.41, 5.74) is 11.3. The predicted octanol–water partition coefficient (Wildman–Crippen LogP) is 11.2. The Morgan fingerprint density at radius 1 is 0.388 bits per heavy atom. The van der Waals surface area contributed by atoms with Crippen molar-refractivity contribution in [3.05, 3.63) is 157 Å². The van der Waals surface area contributed by atoms with Gasteiger partial charge < -0.3 is 13.6 Å². The largest absolute Gasteiger partial charge is 0.456 e. The first-order chi connectivity index (χ1) is 24.2. The third-order valence-electron chi connectivity index (χ3n) is 9.77. The molecule has 0 radical (unpaired) electrons. The van der Waals surface area contributed by atoms with Gasteiger partial charge in [0.1, 0.15) is 11.2 Å². The molecule has 3 heterocycles. The van der Waals surface area contributed by atoms with E-state index in [-0.39, 0.29) is 0 Å². The van der Waals surface area contributed by atoms with Crippen LogP contribution < -0.4 is 0 Å². The SMILES string of the molecule is N#Cc1ccc2oc3cc4c(cc3c2c1)c1ccccc1n4-c1ccccc1-c1ccccc1-n1c2ccccc2c2cc(C#N)ccc21. The fraction of sp³-hybridized carbons (Fsp3) is 0. The van der Waals surface area contributed by atoms with Gasteiger partial charge in [-0.05, 0) is 66.7 Å². The van der Waals surface area contributed by atoms with Crippen LogP contribution in [0.1, 0.15) is 11.1 Å². The van der Waals surface area contributed by atoms with Gasteiger partial charge in [0.2, 0.25) is 0 Å². The third-order valence-corrected chi connectivity index (χ3v) is 9.77. The van der Waals surface area contributed by atoms with Crippen molar-refractivity contribution in [1.29, 1.82) is 10.5 Å². The summed E-state index contributed by atoms with van der Waals surface area (Å²) < 4.78 is 11.0. The molecule has 0 spiro atoms. The number of para-hydroxylation sites is 4. The van der Waals surface area contributed by atoms with E-state index in [1.807, 2.05) is 24.3 Å². The van der Waals surface area contributed by atoms with E-state index in [0.29, 0.717) is 11.1 Å². The number of hydrogen-bond acceptors (Lipinski definition) is 3. The molecule has 0 saturated carbocycles. The van der Waals surface area contributed by atoms with E-state index >= 15 is 0 Å². The van der Waals surface area contributed by atoms with Gasteiger partial charge in [0.25, 0.3) is 0 Å². The van der Waals surface area contributed by atoms with Crippen molar-refractivity contribution in [2.45, 2.75) is 0 Å². The lowest BCUT2D eigenvalue weighted by atomic mass is 10.0. The number of nitrogens with zero attached hydrogens (tertiary/aromatic N) is 4. The monoisotopic (exact) mass is 624 g/mol. The number of aromatic nitrogens is 2. The molecular formula is C44H24N4O. The van der Waals surface area contributed by atoms with Gasteiger partial charge in [-0.2, -0.15) is 10.5 Å². The van der Waals surface area contributed by atoms with E-state index in [2.05, 4.69) is 137 Å². The molecule has 10 rings (SSSR count). The smallest absolute Gasteiger partial charge is 0.137 e. The highest BCUT2D eigenvalue weighted by Crippen LogP contribution is 2.42. The van der Waals surface area contributed by atoms with E-state index in [1.165, 1.54) is 0 Å². The number of furan rings is 1. The molecule has 10 aromatic rings. The summed E-state index contributed by atoms with van der Waals surface area (Å²) in [5, 5.41) is 25.6. The Morgan fingerprint density at radius 3 is 1.53 bits per heavy atom. The lowest BCUT2D eigenvalue weighted by molar-refractivity contribution is 0.669. The molecule has 0 amide bonds. The Kier molecular flexibility index (Phi) is 5.64. The van der Waals surface area contributed by atoms with Crippen LogP contribution in [0.5, 0.6) is 0 Å². The average Bonchev–Trinajstić information content (AvgIpc) is 3.80. The van der Waals surface area contributed by atoms with Crippen molar-refractivity contribution < 1.29 is 4.42 Å². The molecule has 0 N–H and O–H groups in total. The number of fused-ring (bicyclic) bond motifs is 9. The Hall–Kier alpha value is -7.08.